The van der Waals surface area contributed by atoms with Crippen molar-refractivity contribution in [2.45, 2.75) is 20.3 Å². The van der Waals surface area contributed by atoms with Gasteiger partial charge in [0.2, 0.25) is 0 Å². The lowest BCUT2D eigenvalue weighted by atomic mass is 10.2. The number of ketones is 1. The molecule has 0 amide bonds. The molecule has 0 radical (unpaired) electrons. The fourth-order valence-corrected chi connectivity index (χ4v) is 2.38. The number of aryl methyl sites for hydroxylation is 2. The van der Waals surface area contributed by atoms with E-state index in [1.54, 1.807) is 11.8 Å². The van der Waals surface area contributed by atoms with Gasteiger partial charge in [0.05, 0.1) is 15.6 Å². The second-order valence-corrected chi connectivity index (χ2v) is 5.00. The first-order valence-electron chi connectivity index (χ1n) is 4.11. The summed E-state index contributed by atoms with van der Waals surface area (Å²) in [5.41, 5.74) is 0.883. The first-order chi connectivity index (χ1) is 6.15. The first kappa shape index (κ1) is 10.7. The van der Waals surface area contributed by atoms with E-state index < -0.39 is 0 Å². The van der Waals surface area contributed by atoms with Crippen LogP contribution in [0.15, 0.2) is 0 Å². The van der Waals surface area contributed by atoms with Gasteiger partial charge in [-0.2, -0.15) is 11.8 Å². The summed E-state index contributed by atoms with van der Waals surface area (Å²) in [6.07, 6.45) is 2.64. The SMILES string of the molecule is CSCCC(=O)c1sc(C)nc1C. The van der Waals surface area contributed by atoms with Gasteiger partial charge in [-0.25, -0.2) is 4.98 Å². The van der Waals surface area contributed by atoms with Gasteiger partial charge >= 0.3 is 0 Å². The molecule has 0 spiro atoms. The van der Waals surface area contributed by atoms with E-state index >= 15 is 0 Å². The van der Waals surface area contributed by atoms with Gasteiger partial charge in [-0.05, 0) is 20.1 Å². The van der Waals surface area contributed by atoms with Crippen molar-refractivity contribution >= 4 is 28.9 Å². The summed E-state index contributed by atoms with van der Waals surface area (Å²) >= 11 is 3.20. The Labute approximate surface area is 86.8 Å². The molecular weight excluding hydrogens is 202 g/mol. The summed E-state index contributed by atoms with van der Waals surface area (Å²) in [6.45, 7) is 3.83. The van der Waals surface area contributed by atoms with Crippen LogP contribution in [0.5, 0.6) is 0 Å². The van der Waals surface area contributed by atoms with E-state index in [0.29, 0.717) is 6.42 Å². The average molecular weight is 215 g/mol. The lowest BCUT2D eigenvalue weighted by molar-refractivity contribution is 0.0992. The quantitative estimate of drug-likeness (QED) is 0.723. The zero-order valence-corrected chi connectivity index (χ0v) is 9.72. The lowest BCUT2D eigenvalue weighted by Crippen LogP contribution is -1.99. The Morgan fingerprint density at radius 3 is 2.69 bits per heavy atom. The van der Waals surface area contributed by atoms with Gasteiger partial charge in [-0.3, -0.25) is 4.79 Å². The standard InChI is InChI=1S/C9H13NOS2/c1-6-9(13-7(2)10-6)8(11)4-5-12-3/h4-5H2,1-3H3. The summed E-state index contributed by atoms with van der Waals surface area (Å²) in [7, 11) is 0. The number of carbonyl (C=O) groups excluding carboxylic acids is 1. The van der Waals surface area contributed by atoms with Crippen LogP contribution in [-0.4, -0.2) is 22.8 Å². The number of aromatic nitrogens is 1. The largest absolute Gasteiger partial charge is 0.293 e. The van der Waals surface area contributed by atoms with E-state index in [-0.39, 0.29) is 5.78 Å². The van der Waals surface area contributed by atoms with Crippen molar-refractivity contribution in [1.29, 1.82) is 0 Å². The second kappa shape index (κ2) is 4.77. The van der Waals surface area contributed by atoms with Crippen LogP contribution >= 0.6 is 23.1 Å². The Balaban J connectivity index is 2.70. The zero-order valence-electron chi connectivity index (χ0n) is 8.09. The third-order valence-corrected chi connectivity index (χ3v) is 3.42. The molecule has 0 aliphatic heterocycles. The van der Waals surface area contributed by atoms with Crippen LogP contribution in [0.2, 0.25) is 0 Å². The number of Topliss-reactive ketones (excluding diaryl/α,β-unsaturated/α-hetero) is 1. The highest BCUT2D eigenvalue weighted by molar-refractivity contribution is 7.98. The van der Waals surface area contributed by atoms with Crippen molar-refractivity contribution < 1.29 is 4.79 Å². The predicted molar refractivity (Wildman–Crippen MR) is 58.9 cm³/mol. The fourth-order valence-electron chi connectivity index (χ4n) is 1.10. The molecule has 2 nitrogen and oxygen atoms in total. The van der Waals surface area contributed by atoms with Crippen molar-refractivity contribution in [3.63, 3.8) is 0 Å². The molecule has 0 unspecified atom stereocenters. The maximum Gasteiger partial charge on any atom is 0.175 e. The van der Waals surface area contributed by atoms with E-state index in [0.717, 1.165) is 21.3 Å². The Hall–Kier alpha value is -0.350. The van der Waals surface area contributed by atoms with Crippen LogP contribution in [0, 0.1) is 13.8 Å². The highest BCUT2D eigenvalue weighted by Crippen LogP contribution is 2.19. The number of rotatable bonds is 4. The van der Waals surface area contributed by atoms with Crippen LogP contribution in [0.3, 0.4) is 0 Å². The summed E-state index contributed by atoms with van der Waals surface area (Å²) in [4.78, 5) is 16.7. The van der Waals surface area contributed by atoms with E-state index in [2.05, 4.69) is 4.98 Å². The van der Waals surface area contributed by atoms with Crippen molar-refractivity contribution in [3.05, 3.63) is 15.6 Å². The van der Waals surface area contributed by atoms with Crippen molar-refractivity contribution in [2.24, 2.45) is 0 Å². The van der Waals surface area contributed by atoms with Crippen molar-refractivity contribution in [1.82, 2.24) is 4.98 Å². The fraction of sp³-hybridized carbons (Fsp3) is 0.556. The number of nitrogens with zero attached hydrogens (tertiary/aromatic N) is 1. The molecule has 0 bridgehead atoms. The van der Waals surface area contributed by atoms with E-state index in [1.165, 1.54) is 11.3 Å². The molecule has 0 aromatic carbocycles. The van der Waals surface area contributed by atoms with Gasteiger partial charge in [0.15, 0.2) is 5.78 Å². The molecule has 1 aromatic rings. The highest BCUT2D eigenvalue weighted by atomic mass is 32.2. The van der Waals surface area contributed by atoms with Gasteiger partial charge in [0.25, 0.3) is 0 Å². The van der Waals surface area contributed by atoms with Crippen LogP contribution in [0.4, 0.5) is 0 Å². The van der Waals surface area contributed by atoms with E-state index in [9.17, 15) is 4.79 Å². The Morgan fingerprint density at radius 2 is 2.23 bits per heavy atom. The third kappa shape index (κ3) is 2.81. The summed E-state index contributed by atoms with van der Waals surface area (Å²) < 4.78 is 0. The molecule has 13 heavy (non-hydrogen) atoms. The minimum Gasteiger partial charge on any atom is -0.293 e. The van der Waals surface area contributed by atoms with E-state index in [1.807, 2.05) is 20.1 Å². The van der Waals surface area contributed by atoms with E-state index in [4.69, 9.17) is 0 Å². The molecule has 0 atom stereocenters. The zero-order chi connectivity index (χ0) is 9.84. The molecule has 1 aromatic heterocycles. The average Bonchev–Trinajstić information content (AvgIpc) is 2.41. The summed E-state index contributed by atoms with van der Waals surface area (Å²) in [6, 6.07) is 0. The van der Waals surface area contributed by atoms with Crippen LogP contribution in [0.1, 0.15) is 26.8 Å². The molecule has 0 saturated carbocycles. The number of hydrogen-bond acceptors (Lipinski definition) is 4. The predicted octanol–water partition coefficient (Wildman–Crippen LogP) is 2.70. The van der Waals surface area contributed by atoms with Crippen LogP contribution < -0.4 is 0 Å². The summed E-state index contributed by atoms with van der Waals surface area (Å²) in [5, 5.41) is 0.977. The molecule has 72 valence electrons. The second-order valence-electron chi connectivity index (χ2n) is 2.81. The molecule has 0 fully saturated rings. The van der Waals surface area contributed by atoms with Crippen molar-refractivity contribution in [2.75, 3.05) is 12.0 Å². The van der Waals surface area contributed by atoms with Crippen molar-refractivity contribution in [3.8, 4) is 0 Å². The Kier molecular flexibility index (Phi) is 3.93. The molecule has 0 saturated heterocycles. The number of hydrogen-bond donors (Lipinski definition) is 0. The molecular formula is C9H13NOS2. The smallest absolute Gasteiger partial charge is 0.175 e. The Morgan fingerprint density at radius 1 is 1.54 bits per heavy atom. The normalized spacial score (nSPS) is 10.4. The number of carbonyl (C=O) groups is 1. The molecule has 0 aliphatic rings. The van der Waals surface area contributed by atoms with Gasteiger partial charge in [-0.15, -0.1) is 11.3 Å². The topological polar surface area (TPSA) is 30.0 Å². The lowest BCUT2D eigenvalue weighted by Gasteiger charge is -1.95. The van der Waals surface area contributed by atoms with Crippen LogP contribution in [-0.2, 0) is 0 Å². The number of thiazole rings is 1. The highest BCUT2D eigenvalue weighted by Gasteiger charge is 2.12. The molecule has 1 rings (SSSR count). The van der Waals surface area contributed by atoms with Gasteiger partial charge in [-0.1, -0.05) is 0 Å². The monoisotopic (exact) mass is 215 g/mol. The molecule has 0 aliphatic carbocycles. The van der Waals surface area contributed by atoms with Gasteiger partial charge < -0.3 is 0 Å². The maximum absolute atomic E-state index is 11.6. The maximum atomic E-state index is 11.6. The minimum absolute atomic E-state index is 0.234. The first-order valence-corrected chi connectivity index (χ1v) is 6.32. The number of thioether (sulfide) groups is 1. The molecule has 4 heteroatoms. The molecule has 1 heterocycles. The van der Waals surface area contributed by atoms with Gasteiger partial charge in [0, 0.05) is 12.2 Å². The minimum atomic E-state index is 0.234. The molecule has 0 N–H and O–H groups in total. The third-order valence-electron chi connectivity index (χ3n) is 1.69. The summed E-state index contributed by atoms with van der Waals surface area (Å²) in [5.74, 6) is 1.13. The van der Waals surface area contributed by atoms with Crippen LogP contribution in [0.25, 0.3) is 0 Å². The Bertz CT molecular complexity index is 307. The van der Waals surface area contributed by atoms with Gasteiger partial charge in [0.1, 0.15) is 0 Å².